The molecule has 6 nitrogen and oxygen atoms in total. The first kappa shape index (κ1) is 22.2. The summed E-state index contributed by atoms with van der Waals surface area (Å²) in [6.45, 7) is 2.26. The van der Waals surface area contributed by atoms with E-state index in [0.29, 0.717) is 17.3 Å². The number of rotatable bonds is 6. The van der Waals surface area contributed by atoms with E-state index in [1.165, 1.54) is 22.5 Å². The summed E-state index contributed by atoms with van der Waals surface area (Å²) in [5.41, 5.74) is 1.41. The molecule has 3 aromatic carbocycles. The van der Waals surface area contributed by atoms with Crippen molar-refractivity contribution in [2.24, 2.45) is 0 Å². The topological polar surface area (TPSA) is 75.7 Å². The number of ether oxygens (including phenoxy) is 1. The molecule has 8 heteroatoms. The van der Waals surface area contributed by atoms with Crippen molar-refractivity contribution in [3.05, 3.63) is 89.4 Å². The minimum absolute atomic E-state index is 0.0963. The van der Waals surface area contributed by atoms with Crippen LogP contribution in [0, 0.1) is 0 Å². The van der Waals surface area contributed by atoms with Gasteiger partial charge in [-0.25, -0.2) is 8.42 Å². The van der Waals surface area contributed by atoms with Crippen LogP contribution in [0.2, 0.25) is 5.02 Å². The van der Waals surface area contributed by atoms with Crippen LogP contribution in [0.1, 0.15) is 18.4 Å². The second-order valence-corrected chi connectivity index (χ2v) is 9.92. The molecule has 2 atom stereocenters. The molecule has 1 aliphatic heterocycles. The molecule has 1 heterocycles. The third-order valence-corrected chi connectivity index (χ3v) is 7.39. The molecule has 0 saturated heterocycles. The number of amides is 1. The highest BCUT2D eigenvalue weighted by atomic mass is 35.5. The Morgan fingerprint density at radius 3 is 2.44 bits per heavy atom. The zero-order chi connectivity index (χ0) is 22.7. The van der Waals surface area contributed by atoms with E-state index >= 15 is 0 Å². The van der Waals surface area contributed by atoms with E-state index < -0.39 is 16.1 Å². The van der Waals surface area contributed by atoms with Gasteiger partial charge >= 0.3 is 0 Å². The number of sulfonamides is 1. The van der Waals surface area contributed by atoms with E-state index in [0.717, 1.165) is 5.56 Å². The maximum Gasteiger partial charge on any atom is 0.264 e. The number of nitrogens with one attached hydrogen (secondary N) is 1. The van der Waals surface area contributed by atoms with Crippen LogP contribution >= 0.6 is 11.6 Å². The predicted molar refractivity (Wildman–Crippen MR) is 125 cm³/mol. The van der Waals surface area contributed by atoms with Crippen LogP contribution in [-0.2, 0) is 14.8 Å². The Hall–Kier alpha value is -3.03. The highest BCUT2D eigenvalue weighted by molar-refractivity contribution is 7.92. The van der Waals surface area contributed by atoms with Crippen molar-refractivity contribution in [3.8, 4) is 5.75 Å². The van der Waals surface area contributed by atoms with Crippen molar-refractivity contribution >= 4 is 33.2 Å². The fraction of sp³-hybridized carbons (Fsp3) is 0.208. The number of carbonyl (C=O) groups excluding carboxylic acids is 1. The normalized spacial score (nSPS) is 16.6. The number of hydrogen-bond donors (Lipinski definition) is 1. The Morgan fingerprint density at radius 2 is 1.75 bits per heavy atom. The molecule has 1 N–H and O–H groups in total. The molecule has 0 bridgehead atoms. The van der Waals surface area contributed by atoms with Gasteiger partial charge < -0.3 is 10.1 Å². The molecule has 0 spiro atoms. The molecule has 0 aromatic heterocycles. The van der Waals surface area contributed by atoms with E-state index in [4.69, 9.17) is 16.3 Å². The van der Waals surface area contributed by atoms with Crippen molar-refractivity contribution in [3.63, 3.8) is 0 Å². The van der Waals surface area contributed by atoms with Crippen LogP contribution in [0.15, 0.2) is 83.8 Å². The molecule has 0 aliphatic carbocycles. The second-order valence-electron chi connectivity index (χ2n) is 7.62. The van der Waals surface area contributed by atoms with Crippen LogP contribution in [0.4, 0.5) is 5.69 Å². The smallest absolute Gasteiger partial charge is 0.264 e. The summed E-state index contributed by atoms with van der Waals surface area (Å²) >= 11 is 6.12. The Balaban J connectivity index is 1.57. The van der Waals surface area contributed by atoms with E-state index in [1.807, 2.05) is 37.3 Å². The number of halogens is 1. The molecule has 32 heavy (non-hydrogen) atoms. The Morgan fingerprint density at radius 1 is 1.09 bits per heavy atom. The summed E-state index contributed by atoms with van der Waals surface area (Å²) in [6.07, 6.45) is -0.995. The number of carbonyl (C=O) groups is 1. The molecule has 4 rings (SSSR count). The summed E-state index contributed by atoms with van der Waals surface area (Å²) in [4.78, 5) is 13.1. The second kappa shape index (κ2) is 9.22. The predicted octanol–water partition coefficient (Wildman–Crippen LogP) is 4.22. The van der Waals surface area contributed by atoms with Crippen molar-refractivity contribution < 1.29 is 17.9 Å². The molecule has 2 unspecified atom stereocenters. The van der Waals surface area contributed by atoms with Crippen LogP contribution in [0.5, 0.6) is 5.75 Å². The maximum absolute atomic E-state index is 13.4. The summed E-state index contributed by atoms with van der Waals surface area (Å²) in [5, 5.41) is 3.27. The zero-order valence-corrected chi connectivity index (χ0v) is 19.0. The molecule has 0 radical (unpaired) electrons. The highest BCUT2D eigenvalue weighted by Crippen LogP contribution is 2.38. The van der Waals surface area contributed by atoms with E-state index in [1.54, 1.807) is 30.3 Å². The summed E-state index contributed by atoms with van der Waals surface area (Å²) in [7, 11) is -3.92. The number of fused-ring (bicyclic) bond motifs is 1. The van der Waals surface area contributed by atoms with Crippen LogP contribution in [0.3, 0.4) is 0 Å². The van der Waals surface area contributed by atoms with Crippen molar-refractivity contribution in [2.45, 2.75) is 23.8 Å². The zero-order valence-electron chi connectivity index (χ0n) is 17.4. The van der Waals surface area contributed by atoms with Crippen LogP contribution < -0.4 is 14.4 Å². The van der Waals surface area contributed by atoms with E-state index in [2.05, 4.69) is 5.32 Å². The Bertz CT molecular complexity index is 1200. The Kier molecular flexibility index (Phi) is 6.39. The van der Waals surface area contributed by atoms with Gasteiger partial charge in [0.15, 0.2) is 6.10 Å². The van der Waals surface area contributed by atoms with Gasteiger partial charge in [0, 0.05) is 11.6 Å². The molecule has 0 fully saturated rings. The molecule has 1 amide bonds. The molecule has 0 saturated carbocycles. The van der Waals surface area contributed by atoms with Gasteiger partial charge in [-0.2, -0.15) is 0 Å². The number of hydrogen-bond acceptors (Lipinski definition) is 4. The average molecular weight is 471 g/mol. The minimum Gasteiger partial charge on any atom is -0.476 e. The van der Waals surface area contributed by atoms with Gasteiger partial charge in [-0.15, -0.1) is 0 Å². The third-order valence-electron chi connectivity index (χ3n) is 5.37. The van der Waals surface area contributed by atoms with E-state index in [9.17, 15) is 13.2 Å². The SMILES string of the molecule is CC(CNC(=O)C1CN(S(=O)(=O)c2ccccc2)c2cc(Cl)ccc2O1)c1ccccc1. The van der Waals surface area contributed by atoms with Gasteiger partial charge in [-0.3, -0.25) is 9.10 Å². The van der Waals surface area contributed by atoms with Crippen molar-refractivity contribution in [2.75, 3.05) is 17.4 Å². The van der Waals surface area contributed by atoms with Gasteiger partial charge in [0.1, 0.15) is 5.75 Å². The fourth-order valence-electron chi connectivity index (χ4n) is 3.58. The lowest BCUT2D eigenvalue weighted by Crippen LogP contribution is -2.51. The largest absolute Gasteiger partial charge is 0.476 e. The van der Waals surface area contributed by atoms with E-state index in [-0.39, 0.29) is 29.0 Å². The standard InChI is InChI=1S/C24H23ClN2O4S/c1-17(18-8-4-2-5-9-18)15-26-24(28)23-16-27(21-14-19(25)12-13-22(21)31-23)32(29,30)20-10-6-3-7-11-20/h2-14,17,23H,15-16H2,1H3,(H,26,28). The highest BCUT2D eigenvalue weighted by Gasteiger charge is 2.37. The molecular formula is C24H23ClN2O4S. The first-order valence-corrected chi connectivity index (χ1v) is 12.0. The Labute approximate surface area is 192 Å². The molecular weight excluding hydrogens is 448 g/mol. The first-order valence-electron chi connectivity index (χ1n) is 10.2. The van der Waals surface area contributed by atoms with Crippen LogP contribution in [0.25, 0.3) is 0 Å². The van der Waals surface area contributed by atoms with Gasteiger partial charge in [-0.1, -0.05) is 67.1 Å². The fourth-order valence-corrected chi connectivity index (χ4v) is 5.23. The number of anilines is 1. The number of benzene rings is 3. The quantitative estimate of drug-likeness (QED) is 0.585. The van der Waals surface area contributed by atoms with Gasteiger partial charge in [-0.05, 0) is 41.8 Å². The van der Waals surface area contributed by atoms with Crippen LogP contribution in [-0.4, -0.2) is 33.5 Å². The monoisotopic (exact) mass is 470 g/mol. The molecule has 166 valence electrons. The minimum atomic E-state index is -3.92. The number of nitrogens with zero attached hydrogens (tertiary/aromatic N) is 1. The summed E-state index contributed by atoms with van der Waals surface area (Å²) in [5.74, 6) is 0.0112. The molecule has 3 aromatic rings. The lowest BCUT2D eigenvalue weighted by atomic mass is 10.0. The molecule has 1 aliphatic rings. The van der Waals surface area contributed by atoms with Gasteiger partial charge in [0.25, 0.3) is 15.9 Å². The van der Waals surface area contributed by atoms with Gasteiger partial charge in [0.2, 0.25) is 0 Å². The maximum atomic E-state index is 13.4. The summed E-state index contributed by atoms with van der Waals surface area (Å²) < 4.78 is 33.8. The third kappa shape index (κ3) is 4.59. The first-order chi connectivity index (χ1) is 15.4. The average Bonchev–Trinajstić information content (AvgIpc) is 2.82. The lowest BCUT2D eigenvalue weighted by molar-refractivity contribution is -0.127. The van der Waals surface area contributed by atoms with Crippen molar-refractivity contribution in [1.82, 2.24) is 5.32 Å². The summed E-state index contributed by atoms with van der Waals surface area (Å²) in [6, 6.07) is 22.7. The lowest BCUT2D eigenvalue weighted by Gasteiger charge is -2.35. The van der Waals surface area contributed by atoms with Gasteiger partial charge in [0.05, 0.1) is 17.1 Å². The van der Waals surface area contributed by atoms with Crippen molar-refractivity contribution in [1.29, 1.82) is 0 Å².